The summed E-state index contributed by atoms with van der Waals surface area (Å²) >= 11 is 5.14. The van der Waals surface area contributed by atoms with Crippen LogP contribution in [0.1, 0.15) is 32.6 Å². The smallest absolute Gasteiger partial charge is 0.336 e. The summed E-state index contributed by atoms with van der Waals surface area (Å²) in [5, 5.41) is 47.9. The van der Waals surface area contributed by atoms with Crippen LogP contribution in [0, 0.1) is 0 Å². The molecule has 0 amide bonds. The fourth-order valence-corrected chi connectivity index (χ4v) is 8.33. The Hall–Kier alpha value is -12.4. The fraction of sp³-hybridized carbons (Fsp3) is 0.0429. The minimum atomic E-state index is -0.808. The van der Waals surface area contributed by atoms with Crippen molar-refractivity contribution in [2.75, 3.05) is 21.3 Å². The molecule has 0 saturated heterocycles. The number of methoxy groups -OCH3 is 3. The van der Waals surface area contributed by atoms with Crippen molar-refractivity contribution in [3.63, 3.8) is 0 Å². The van der Waals surface area contributed by atoms with Gasteiger partial charge in [0.15, 0.2) is 33.9 Å². The van der Waals surface area contributed by atoms with Gasteiger partial charge in [0.05, 0.1) is 21.3 Å². The molecule has 0 radical (unpaired) electrons. The minimum Gasteiger partial charge on any atom is -0.508 e. The van der Waals surface area contributed by atoms with E-state index in [-0.39, 0.29) is 79.3 Å². The first kappa shape index (κ1) is 64.6. The Morgan fingerprint density at radius 3 is 1.26 bits per heavy atom. The quantitative estimate of drug-likeness (QED) is 0.0141. The first-order valence-corrected chi connectivity index (χ1v) is 27.2. The Bertz CT molecular complexity index is 4580. The van der Waals surface area contributed by atoms with Crippen molar-refractivity contribution in [1.29, 1.82) is 0 Å². The number of halogens is 1. The van der Waals surface area contributed by atoms with E-state index in [1.54, 1.807) is 93.1 Å². The third-order valence-electron chi connectivity index (χ3n) is 12.8. The van der Waals surface area contributed by atoms with E-state index in [2.05, 4.69) is 0 Å². The number of esters is 3. The monoisotopic (exact) mass is 1250 g/mol. The van der Waals surface area contributed by atoms with Crippen LogP contribution >= 0.6 is 11.6 Å². The van der Waals surface area contributed by atoms with Crippen molar-refractivity contribution in [2.24, 2.45) is 0 Å². The molecule has 0 bridgehead atoms. The van der Waals surface area contributed by atoms with Gasteiger partial charge in [0, 0.05) is 71.3 Å². The maximum Gasteiger partial charge on any atom is 0.336 e. The Morgan fingerprint density at radius 2 is 0.802 bits per heavy atom. The van der Waals surface area contributed by atoms with Crippen LogP contribution in [-0.2, 0) is 19.2 Å². The summed E-state index contributed by atoms with van der Waals surface area (Å²) in [6.45, 7) is 0. The van der Waals surface area contributed by atoms with E-state index >= 15 is 0 Å². The number of carbonyl (C=O) groups is 5. The maximum absolute atomic E-state index is 13.2. The number of ether oxygens (including phenoxy) is 6. The Labute approximate surface area is 521 Å². The number of rotatable bonds is 17. The maximum atomic E-state index is 13.2. The predicted octanol–water partition coefficient (Wildman–Crippen LogP) is 12.6. The van der Waals surface area contributed by atoms with Gasteiger partial charge in [-0.3, -0.25) is 19.2 Å². The topological polar surface area (TPSA) is 302 Å². The molecule has 0 aliphatic rings. The van der Waals surface area contributed by atoms with Crippen molar-refractivity contribution in [1.82, 2.24) is 0 Å². The molecule has 0 spiro atoms. The van der Waals surface area contributed by atoms with Gasteiger partial charge in [0.2, 0.25) is 5.24 Å². The molecule has 0 atom stereocenters. The van der Waals surface area contributed by atoms with Gasteiger partial charge in [-0.15, -0.1) is 0 Å². The number of phenols is 5. The molecule has 0 saturated carbocycles. The molecule has 91 heavy (non-hydrogen) atoms. The third-order valence-corrected chi connectivity index (χ3v) is 12.9. The highest BCUT2D eigenvalue weighted by atomic mass is 35.5. The normalized spacial score (nSPS) is 11.0. The van der Waals surface area contributed by atoms with E-state index in [1.807, 2.05) is 24.3 Å². The van der Waals surface area contributed by atoms with Crippen LogP contribution in [0.3, 0.4) is 0 Å². The van der Waals surface area contributed by atoms with E-state index in [0.717, 1.165) is 41.7 Å². The second-order valence-corrected chi connectivity index (χ2v) is 19.3. The van der Waals surface area contributed by atoms with Crippen LogP contribution < -0.4 is 39.3 Å². The zero-order valence-corrected chi connectivity index (χ0v) is 48.9. The number of hydrogen-bond acceptors (Lipinski definition) is 20. The molecule has 20 nitrogen and oxygen atoms in total. The van der Waals surface area contributed by atoms with Crippen molar-refractivity contribution >= 4 is 87.3 Å². The van der Waals surface area contributed by atoms with Gasteiger partial charge in [0.1, 0.15) is 80.0 Å². The first-order valence-electron chi connectivity index (χ1n) is 26.8. The zero-order chi connectivity index (χ0) is 65.1. The molecule has 0 unspecified atom stereocenters. The summed E-state index contributed by atoms with van der Waals surface area (Å²) in [4.78, 5) is 85.1. The number of aldehydes is 1. The van der Waals surface area contributed by atoms with Gasteiger partial charge in [-0.25, -0.2) is 14.4 Å². The summed E-state index contributed by atoms with van der Waals surface area (Å²) in [6.07, 6.45) is 11.7. The molecule has 2 aromatic heterocycles. The predicted molar refractivity (Wildman–Crippen MR) is 339 cm³/mol. The standard InChI is InChI=1S/C45H32O12.C15H10O6.C10H9ClO2/c1-52-33-15-7-29(8-16-33)12-21-43(50)56-38-19-14-32(23-40(38)57-44(51)22-13-30-9-17-34(53-2)18-10-30)39-26-37(48)45-36(47)24-35(25-41(45)55-39)54-42(49)20-11-28-3-5-31(27-46)6-4-28;16-8-4-11(19)15-12(20)6-13(21-14(15)5-8)7-1-2-9(17)10(18)3-7;1-13-9-5-2-8(3-6-9)4-7-10(11)12/h3-27,47H,1-2H3;1-6,16-19H;2-7H,1H3/b20-11+,21-12+,22-13+;;7-4+. The van der Waals surface area contributed by atoms with Crippen LogP contribution in [0.25, 0.3) is 68.9 Å². The summed E-state index contributed by atoms with van der Waals surface area (Å²) in [7, 11) is 4.69. The van der Waals surface area contributed by atoms with Gasteiger partial charge in [-0.2, -0.15) is 0 Å². The second kappa shape index (κ2) is 30.3. The van der Waals surface area contributed by atoms with Crippen molar-refractivity contribution in [3.8, 4) is 85.9 Å². The lowest BCUT2D eigenvalue weighted by Crippen LogP contribution is -2.09. The number of aromatic hydroxyl groups is 5. The Kier molecular flexibility index (Phi) is 21.5. The molecule has 10 aromatic rings. The summed E-state index contributed by atoms with van der Waals surface area (Å²) in [6, 6.07) is 42.7. The number of benzene rings is 8. The Balaban J connectivity index is 0.000000252. The van der Waals surface area contributed by atoms with Crippen molar-refractivity contribution in [2.45, 2.75) is 0 Å². The molecule has 10 rings (SSSR count). The lowest BCUT2D eigenvalue weighted by atomic mass is 10.1. The van der Waals surface area contributed by atoms with Crippen LogP contribution in [0.5, 0.6) is 63.2 Å². The summed E-state index contributed by atoms with van der Waals surface area (Å²) in [5.41, 5.74) is 2.80. The molecule has 8 aromatic carbocycles. The largest absolute Gasteiger partial charge is 0.508 e. The fourth-order valence-electron chi connectivity index (χ4n) is 8.26. The highest BCUT2D eigenvalue weighted by Gasteiger charge is 2.19. The van der Waals surface area contributed by atoms with Gasteiger partial charge in [0.25, 0.3) is 0 Å². The minimum absolute atomic E-state index is 0.0163. The first-order chi connectivity index (χ1) is 43.8. The van der Waals surface area contributed by atoms with Gasteiger partial charge in [-0.1, -0.05) is 66.7 Å². The highest BCUT2D eigenvalue weighted by molar-refractivity contribution is 6.66. The van der Waals surface area contributed by atoms with E-state index < -0.39 is 39.8 Å². The zero-order valence-electron chi connectivity index (χ0n) is 48.1. The second-order valence-electron chi connectivity index (χ2n) is 19.0. The van der Waals surface area contributed by atoms with Crippen LogP contribution in [0.2, 0.25) is 0 Å². The third kappa shape index (κ3) is 17.8. The van der Waals surface area contributed by atoms with Gasteiger partial charge < -0.3 is 62.8 Å². The van der Waals surface area contributed by atoms with Crippen LogP contribution in [0.4, 0.5) is 0 Å². The number of hydrogen-bond donors (Lipinski definition) is 5. The molecule has 5 N–H and O–H groups in total. The van der Waals surface area contributed by atoms with Crippen LogP contribution in [-0.4, -0.2) is 76.3 Å². The number of phenolic OH excluding ortho intramolecular Hbond substituents is 5. The average molecular weight is 1250 g/mol. The Morgan fingerprint density at radius 1 is 0.396 bits per heavy atom. The average Bonchev–Trinajstić information content (AvgIpc) is 0.857. The molecule has 0 aliphatic carbocycles. The molecule has 2 heterocycles. The molecule has 0 aliphatic heterocycles. The lowest BCUT2D eigenvalue weighted by Gasteiger charge is -2.11. The van der Waals surface area contributed by atoms with E-state index in [4.69, 9.17) is 48.9 Å². The molecular formula is C70H51ClO20. The molecule has 21 heteroatoms. The number of carbonyl (C=O) groups excluding carboxylic acids is 5. The summed E-state index contributed by atoms with van der Waals surface area (Å²) in [5.74, 6) is -2.35. The van der Waals surface area contributed by atoms with Gasteiger partial charge in [-0.05, 0) is 131 Å². The SMILES string of the molecule is COc1ccc(/C=C/C(=O)Cl)cc1.COc1ccc(/C=C/C(=O)Oc2ccc(-c3cc(=O)c4c(O)cc(OC(=O)/C=C/c5ccc(C=O)cc5)cc4o3)cc2OC(=O)/C=C/c2ccc(OC)cc2)cc1.O=c1cc(-c2ccc(O)c(O)c2)oc2cc(O)cc(O)c12. The number of allylic oxidation sites excluding steroid dienone is 1. The van der Waals surface area contributed by atoms with Crippen molar-refractivity contribution < 1.29 is 86.8 Å². The molecule has 0 fully saturated rings. The van der Waals surface area contributed by atoms with Crippen LogP contribution in [0.15, 0.2) is 213 Å². The summed E-state index contributed by atoms with van der Waals surface area (Å²) < 4.78 is 43.3. The molecule has 458 valence electrons. The van der Waals surface area contributed by atoms with E-state index in [1.165, 1.54) is 92.1 Å². The lowest BCUT2D eigenvalue weighted by molar-refractivity contribution is -0.131. The van der Waals surface area contributed by atoms with Crippen molar-refractivity contribution in [3.05, 3.63) is 242 Å². The van der Waals surface area contributed by atoms with E-state index in [9.17, 15) is 59.1 Å². The molecular weight excluding hydrogens is 1200 g/mol. The van der Waals surface area contributed by atoms with E-state index in [0.29, 0.717) is 45.6 Å². The van der Waals surface area contributed by atoms with Gasteiger partial charge >= 0.3 is 17.9 Å². The highest BCUT2D eigenvalue weighted by Crippen LogP contribution is 2.37. The number of fused-ring (bicyclic) bond motifs is 2.